The summed E-state index contributed by atoms with van der Waals surface area (Å²) in [5, 5.41) is 0. The summed E-state index contributed by atoms with van der Waals surface area (Å²) in [6.07, 6.45) is 6.31. The van der Waals surface area contributed by atoms with Gasteiger partial charge in [-0.05, 0) is 37.9 Å². The third kappa shape index (κ3) is 4.03. The number of allylic oxidation sites excluding steroid dienone is 2. The van der Waals surface area contributed by atoms with E-state index in [1.807, 2.05) is 30.4 Å². The van der Waals surface area contributed by atoms with Crippen LogP contribution in [0.2, 0.25) is 0 Å². The molecule has 0 saturated carbocycles. The van der Waals surface area contributed by atoms with Crippen LogP contribution in [0.15, 0.2) is 30.4 Å². The second-order valence-electron chi connectivity index (χ2n) is 8.20. The van der Waals surface area contributed by atoms with Crippen LogP contribution in [0.25, 0.3) is 0 Å². The lowest BCUT2D eigenvalue weighted by atomic mass is 9.85. The molecule has 2 fully saturated rings. The summed E-state index contributed by atoms with van der Waals surface area (Å²) < 4.78 is 10.9. The number of methoxy groups -OCH3 is 2. The Balaban J connectivity index is 1.26. The summed E-state index contributed by atoms with van der Waals surface area (Å²) in [5.74, 6) is 1.50. The van der Waals surface area contributed by atoms with Gasteiger partial charge in [0.15, 0.2) is 0 Å². The molecule has 1 aliphatic carbocycles. The fourth-order valence-corrected chi connectivity index (χ4v) is 4.80. The molecule has 0 aromatic heterocycles. The predicted molar refractivity (Wildman–Crippen MR) is 115 cm³/mol. The number of rotatable bonds is 7. The van der Waals surface area contributed by atoms with E-state index in [1.165, 1.54) is 4.90 Å². The van der Waals surface area contributed by atoms with Gasteiger partial charge in [0, 0.05) is 38.8 Å². The molecule has 4 rings (SSSR count). The van der Waals surface area contributed by atoms with Gasteiger partial charge < -0.3 is 14.4 Å². The SMILES string of the molecule is COc1ccc(OC)c(N2CCN(CCCN3C(=O)C4CC=CCC4C3=O)CC2)c1. The van der Waals surface area contributed by atoms with Crippen molar-refractivity contribution in [1.29, 1.82) is 0 Å². The van der Waals surface area contributed by atoms with E-state index in [1.54, 1.807) is 14.2 Å². The van der Waals surface area contributed by atoms with Gasteiger partial charge in [0.1, 0.15) is 11.5 Å². The molecule has 7 nitrogen and oxygen atoms in total. The van der Waals surface area contributed by atoms with Gasteiger partial charge in [0.25, 0.3) is 0 Å². The topological polar surface area (TPSA) is 62.3 Å². The molecule has 2 saturated heterocycles. The largest absolute Gasteiger partial charge is 0.497 e. The Morgan fingerprint density at radius 1 is 0.900 bits per heavy atom. The van der Waals surface area contributed by atoms with Gasteiger partial charge in [-0.15, -0.1) is 0 Å². The standard InChI is InChI=1S/C23H31N3O4/c1-29-17-8-9-21(30-2)20(16-17)25-14-12-24(13-15-25)10-5-11-26-22(27)18-6-3-4-7-19(18)23(26)28/h3-4,8-9,16,18-19H,5-7,10-15H2,1-2H3. The molecule has 2 unspecified atom stereocenters. The van der Waals surface area contributed by atoms with E-state index in [2.05, 4.69) is 9.80 Å². The van der Waals surface area contributed by atoms with E-state index in [-0.39, 0.29) is 23.7 Å². The highest BCUT2D eigenvalue weighted by molar-refractivity contribution is 6.05. The number of likely N-dealkylation sites (tertiary alicyclic amines) is 1. The van der Waals surface area contributed by atoms with Crippen LogP contribution in [0.5, 0.6) is 11.5 Å². The zero-order chi connectivity index (χ0) is 21.1. The van der Waals surface area contributed by atoms with E-state index < -0.39 is 0 Å². The van der Waals surface area contributed by atoms with E-state index in [9.17, 15) is 9.59 Å². The average molecular weight is 414 g/mol. The zero-order valence-electron chi connectivity index (χ0n) is 17.9. The Bertz CT molecular complexity index is 791. The van der Waals surface area contributed by atoms with Crippen LogP contribution in [0.1, 0.15) is 19.3 Å². The Labute approximate surface area is 178 Å². The smallest absolute Gasteiger partial charge is 0.233 e. The second-order valence-corrected chi connectivity index (χ2v) is 8.20. The Hall–Kier alpha value is -2.54. The number of carbonyl (C=O) groups is 2. The molecule has 2 atom stereocenters. The number of amides is 2. The molecule has 1 aromatic rings. The van der Waals surface area contributed by atoms with E-state index >= 15 is 0 Å². The normalized spacial score (nSPS) is 24.3. The fraction of sp³-hybridized carbons (Fsp3) is 0.565. The number of imide groups is 1. The first kappa shape index (κ1) is 20.7. The maximum Gasteiger partial charge on any atom is 0.233 e. The quantitative estimate of drug-likeness (QED) is 0.504. The Morgan fingerprint density at radius 2 is 1.57 bits per heavy atom. The van der Waals surface area contributed by atoms with Crippen LogP contribution in [0.3, 0.4) is 0 Å². The number of piperazine rings is 1. The minimum Gasteiger partial charge on any atom is -0.497 e. The third-order valence-corrected chi connectivity index (χ3v) is 6.55. The summed E-state index contributed by atoms with van der Waals surface area (Å²) >= 11 is 0. The van der Waals surface area contributed by atoms with Gasteiger partial charge in [-0.3, -0.25) is 19.4 Å². The van der Waals surface area contributed by atoms with Crippen LogP contribution < -0.4 is 14.4 Å². The van der Waals surface area contributed by atoms with Gasteiger partial charge >= 0.3 is 0 Å². The zero-order valence-corrected chi connectivity index (χ0v) is 17.9. The number of hydrogen-bond donors (Lipinski definition) is 0. The van der Waals surface area contributed by atoms with Gasteiger partial charge in [-0.1, -0.05) is 12.2 Å². The molecule has 0 radical (unpaired) electrons. The van der Waals surface area contributed by atoms with Crippen molar-refractivity contribution < 1.29 is 19.1 Å². The molecule has 162 valence electrons. The Kier molecular flexibility index (Phi) is 6.27. The van der Waals surface area contributed by atoms with Crippen LogP contribution in [-0.2, 0) is 9.59 Å². The fourth-order valence-electron chi connectivity index (χ4n) is 4.80. The molecule has 0 bridgehead atoms. The van der Waals surface area contributed by atoms with E-state index in [4.69, 9.17) is 9.47 Å². The highest BCUT2D eigenvalue weighted by Crippen LogP contribution is 2.35. The average Bonchev–Trinajstić information content (AvgIpc) is 3.04. The first-order valence-electron chi connectivity index (χ1n) is 10.8. The molecule has 2 aliphatic heterocycles. The molecule has 3 aliphatic rings. The number of anilines is 1. The molecule has 30 heavy (non-hydrogen) atoms. The van der Waals surface area contributed by atoms with Crippen molar-refractivity contribution in [2.24, 2.45) is 11.8 Å². The summed E-state index contributed by atoms with van der Waals surface area (Å²) in [4.78, 5) is 31.4. The van der Waals surface area contributed by atoms with E-state index in [0.717, 1.165) is 56.3 Å². The van der Waals surface area contributed by atoms with Crippen molar-refractivity contribution in [3.8, 4) is 11.5 Å². The highest BCUT2D eigenvalue weighted by Gasteiger charge is 2.46. The minimum atomic E-state index is -0.121. The van der Waals surface area contributed by atoms with Crippen molar-refractivity contribution in [1.82, 2.24) is 9.80 Å². The maximum atomic E-state index is 12.6. The number of carbonyl (C=O) groups excluding carboxylic acids is 2. The molecular formula is C23H31N3O4. The molecule has 2 amide bonds. The lowest BCUT2D eigenvalue weighted by molar-refractivity contribution is -0.140. The van der Waals surface area contributed by atoms with Crippen molar-refractivity contribution >= 4 is 17.5 Å². The third-order valence-electron chi connectivity index (χ3n) is 6.55. The maximum absolute atomic E-state index is 12.6. The van der Waals surface area contributed by atoms with Crippen molar-refractivity contribution in [3.63, 3.8) is 0 Å². The molecule has 2 heterocycles. The van der Waals surface area contributed by atoms with Crippen molar-refractivity contribution in [3.05, 3.63) is 30.4 Å². The Morgan fingerprint density at radius 3 is 2.17 bits per heavy atom. The van der Waals surface area contributed by atoms with Crippen LogP contribution in [0.4, 0.5) is 5.69 Å². The van der Waals surface area contributed by atoms with E-state index in [0.29, 0.717) is 19.4 Å². The highest BCUT2D eigenvalue weighted by atomic mass is 16.5. The lowest BCUT2D eigenvalue weighted by Crippen LogP contribution is -2.47. The molecule has 1 aromatic carbocycles. The van der Waals surface area contributed by atoms with Crippen molar-refractivity contribution in [2.45, 2.75) is 19.3 Å². The number of fused-ring (bicyclic) bond motifs is 1. The van der Waals surface area contributed by atoms with Crippen LogP contribution in [-0.4, -0.2) is 75.1 Å². The van der Waals surface area contributed by atoms with Gasteiger partial charge in [-0.2, -0.15) is 0 Å². The van der Waals surface area contributed by atoms with Gasteiger partial charge in [-0.25, -0.2) is 0 Å². The summed E-state index contributed by atoms with van der Waals surface area (Å²) in [5.41, 5.74) is 1.06. The number of benzene rings is 1. The molecule has 0 N–H and O–H groups in total. The monoisotopic (exact) mass is 413 g/mol. The number of hydrogen-bond acceptors (Lipinski definition) is 6. The van der Waals surface area contributed by atoms with Crippen molar-refractivity contribution in [2.75, 3.05) is 58.4 Å². The molecular weight excluding hydrogens is 382 g/mol. The molecule has 0 spiro atoms. The van der Waals surface area contributed by atoms with Crippen LogP contribution >= 0.6 is 0 Å². The van der Waals surface area contributed by atoms with Crippen LogP contribution in [0, 0.1) is 11.8 Å². The first-order chi connectivity index (χ1) is 14.6. The second kappa shape index (κ2) is 9.08. The lowest BCUT2D eigenvalue weighted by Gasteiger charge is -2.36. The first-order valence-corrected chi connectivity index (χ1v) is 10.8. The summed E-state index contributed by atoms with van der Waals surface area (Å²) in [6, 6.07) is 5.87. The number of ether oxygens (including phenoxy) is 2. The summed E-state index contributed by atoms with van der Waals surface area (Å²) in [6.45, 7) is 5.12. The van der Waals surface area contributed by atoms with Gasteiger partial charge in [0.05, 0.1) is 31.7 Å². The minimum absolute atomic E-state index is 0.0317. The predicted octanol–water partition coefficient (Wildman–Crippen LogP) is 2.17. The summed E-state index contributed by atoms with van der Waals surface area (Å²) in [7, 11) is 3.36. The number of nitrogens with zero attached hydrogens (tertiary/aromatic N) is 3. The van der Waals surface area contributed by atoms with Gasteiger partial charge in [0.2, 0.25) is 11.8 Å². The molecule has 7 heteroatoms.